The highest BCUT2D eigenvalue weighted by atomic mass is 16.5. The zero-order valence-electron chi connectivity index (χ0n) is 10.2. The number of imidazole rings is 1. The Labute approximate surface area is 101 Å². The molecule has 0 amide bonds. The maximum absolute atomic E-state index is 5.23. The van der Waals surface area contributed by atoms with Gasteiger partial charge in [-0.3, -0.25) is 0 Å². The molecule has 0 fully saturated rings. The van der Waals surface area contributed by atoms with Gasteiger partial charge in [0.25, 0.3) is 0 Å². The van der Waals surface area contributed by atoms with E-state index >= 15 is 0 Å². The molecule has 1 aromatic carbocycles. The predicted octanol–water partition coefficient (Wildman–Crippen LogP) is 2.02. The zero-order chi connectivity index (χ0) is 12.1. The number of rotatable bonds is 5. The second-order valence-corrected chi connectivity index (χ2v) is 3.98. The van der Waals surface area contributed by atoms with Crippen LogP contribution in [0.25, 0.3) is 0 Å². The standard InChI is InChI=1S/C13H17N3O/c1-10-5-11(3-4-13(10)17-2)6-14-7-12-8-15-9-16-12/h3-5,8-9,14H,6-7H2,1-2H3,(H,15,16). The number of aromatic amines is 1. The fraction of sp³-hybridized carbons (Fsp3) is 0.308. The van der Waals surface area contributed by atoms with E-state index in [0.29, 0.717) is 0 Å². The lowest BCUT2D eigenvalue weighted by atomic mass is 10.1. The molecule has 0 spiro atoms. The van der Waals surface area contributed by atoms with E-state index in [2.05, 4.69) is 34.3 Å². The number of ether oxygens (including phenoxy) is 1. The fourth-order valence-electron chi connectivity index (χ4n) is 1.77. The van der Waals surface area contributed by atoms with Gasteiger partial charge in [-0.05, 0) is 24.1 Å². The van der Waals surface area contributed by atoms with Crippen molar-refractivity contribution >= 4 is 0 Å². The van der Waals surface area contributed by atoms with Gasteiger partial charge in [-0.1, -0.05) is 12.1 Å². The second kappa shape index (κ2) is 5.50. The molecule has 2 N–H and O–H groups in total. The third-order valence-electron chi connectivity index (χ3n) is 2.66. The average Bonchev–Trinajstić information content (AvgIpc) is 2.82. The lowest BCUT2D eigenvalue weighted by Crippen LogP contribution is -2.13. The summed E-state index contributed by atoms with van der Waals surface area (Å²) in [6.45, 7) is 3.69. The molecule has 2 rings (SSSR count). The molecule has 0 aliphatic rings. The van der Waals surface area contributed by atoms with Crippen molar-refractivity contribution in [3.05, 3.63) is 47.5 Å². The monoisotopic (exact) mass is 231 g/mol. The van der Waals surface area contributed by atoms with Crippen molar-refractivity contribution in [1.82, 2.24) is 15.3 Å². The molecule has 0 radical (unpaired) electrons. The van der Waals surface area contributed by atoms with Crippen LogP contribution in [0.4, 0.5) is 0 Å². The molecule has 0 bridgehead atoms. The number of aromatic nitrogens is 2. The van der Waals surface area contributed by atoms with Crippen molar-refractivity contribution in [3.63, 3.8) is 0 Å². The van der Waals surface area contributed by atoms with Crippen LogP contribution < -0.4 is 10.1 Å². The Hall–Kier alpha value is -1.81. The van der Waals surface area contributed by atoms with Crippen molar-refractivity contribution in [1.29, 1.82) is 0 Å². The van der Waals surface area contributed by atoms with Gasteiger partial charge in [-0.25, -0.2) is 4.98 Å². The van der Waals surface area contributed by atoms with E-state index in [1.807, 2.05) is 12.3 Å². The van der Waals surface area contributed by atoms with Crippen molar-refractivity contribution < 1.29 is 4.74 Å². The minimum Gasteiger partial charge on any atom is -0.496 e. The van der Waals surface area contributed by atoms with Crippen LogP contribution in [0.1, 0.15) is 16.8 Å². The maximum atomic E-state index is 5.23. The van der Waals surface area contributed by atoms with Crippen LogP contribution in [0.2, 0.25) is 0 Å². The topological polar surface area (TPSA) is 49.9 Å². The first-order valence-corrected chi connectivity index (χ1v) is 5.61. The van der Waals surface area contributed by atoms with Gasteiger partial charge in [0.1, 0.15) is 5.75 Å². The van der Waals surface area contributed by atoms with Crippen LogP contribution in [0, 0.1) is 6.92 Å². The Balaban J connectivity index is 1.89. The molecule has 4 nitrogen and oxygen atoms in total. The summed E-state index contributed by atoms with van der Waals surface area (Å²) < 4.78 is 5.23. The van der Waals surface area contributed by atoms with E-state index in [4.69, 9.17) is 4.74 Å². The number of nitrogens with zero attached hydrogens (tertiary/aromatic N) is 1. The molecular weight excluding hydrogens is 214 g/mol. The van der Waals surface area contributed by atoms with E-state index in [1.54, 1.807) is 13.4 Å². The SMILES string of the molecule is COc1ccc(CNCc2cnc[nH]2)cc1C. The first-order valence-electron chi connectivity index (χ1n) is 5.61. The molecular formula is C13H17N3O. The Morgan fingerprint density at radius 3 is 2.88 bits per heavy atom. The minimum atomic E-state index is 0.797. The number of hydrogen-bond donors (Lipinski definition) is 2. The number of hydrogen-bond acceptors (Lipinski definition) is 3. The summed E-state index contributed by atoms with van der Waals surface area (Å²) in [5.74, 6) is 0.933. The molecule has 90 valence electrons. The minimum absolute atomic E-state index is 0.797. The zero-order valence-corrected chi connectivity index (χ0v) is 10.2. The molecule has 0 saturated carbocycles. The molecule has 4 heteroatoms. The lowest BCUT2D eigenvalue weighted by molar-refractivity contribution is 0.411. The van der Waals surface area contributed by atoms with Gasteiger partial charge >= 0.3 is 0 Å². The summed E-state index contributed by atoms with van der Waals surface area (Å²) in [6.07, 6.45) is 3.51. The quantitative estimate of drug-likeness (QED) is 0.827. The first kappa shape index (κ1) is 11.7. The van der Waals surface area contributed by atoms with Crippen LogP contribution in [0.5, 0.6) is 5.75 Å². The highest BCUT2D eigenvalue weighted by molar-refractivity contribution is 5.36. The summed E-state index contributed by atoms with van der Waals surface area (Å²) in [7, 11) is 1.69. The number of H-pyrrole nitrogens is 1. The highest BCUT2D eigenvalue weighted by Crippen LogP contribution is 2.18. The third-order valence-corrected chi connectivity index (χ3v) is 2.66. The Bertz CT molecular complexity index is 466. The summed E-state index contributed by atoms with van der Waals surface area (Å²) in [5, 5.41) is 3.36. The van der Waals surface area contributed by atoms with E-state index in [1.165, 1.54) is 5.56 Å². The van der Waals surface area contributed by atoms with Crippen molar-refractivity contribution in [2.75, 3.05) is 7.11 Å². The van der Waals surface area contributed by atoms with Gasteiger partial charge in [0.05, 0.1) is 13.4 Å². The molecule has 17 heavy (non-hydrogen) atoms. The molecule has 1 heterocycles. The van der Waals surface area contributed by atoms with Crippen LogP contribution in [-0.2, 0) is 13.1 Å². The molecule has 0 unspecified atom stereocenters. The molecule has 1 aromatic heterocycles. The van der Waals surface area contributed by atoms with Crippen molar-refractivity contribution in [2.45, 2.75) is 20.0 Å². The van der Waals surface area contributed by atoms with Gasteiger partial charge in [-0.2, -0.15) is 0 Å². The average molecular weight is 231 g/mol. The van der Waals surface area contributed by atoms with Gasteiger partial charge in [0.2, 0.25) is 0 Å². The second-order valence-electron chi connectivity index (χ2n) is 3.98. The number of benzene rings is 1. The maximum Gasteiger partial charge on any atom is 0.121 e. The van der Waals surface area contributed by atoms with E-state index in [9.17, 15) is 0 Å². The smallest absolute Gasteiger partial charge is 0.121 e. The van der Waals surface area contributed by atoms with Crippen LogP contribution in [0.15, 0.2) is 30.7 Å². The fourth-order valence-corrected chi connectivity index (χ4v) is 1.77. The van der Waals surface area contributed by atoms with E-state index in [-0.39, 0.29) is 0 Å². The van der Waals surface area contributed by atoms with Crippen LogP contribution in [-0.4, -0.2) is 17.1 Å². The lowest BCUT2D eigenvalue weighted by Gasteiger charge is -2.08. The largest absolute Gasteiger partial charge is 0.496 e. The van der Waals surface area contributed by atoms with Crippen LogP contribution in [0.3, 0.4) is 0 Å². The summed E-state index contributed by atoms with van der Waals surface area (Å²) in [4.78, 5) is 7.03. The molecule has 0 aliphatic heterocycles. The predicted molar refractivity (Wildman–Crippen MR) is 66.9 cm³/mol. The molecule has 0 atom stereocenters. The summed E-state index contributed by atoms with van der Waals surface area (Å²) >= 11 is 0. The van der Waals surface area contributed by atoms with E-state index < -0.39 is 0 Å². The normalized spacial score (nSPS) is 10.5. The summed E-state index contributed by atoms with van der Waals surface area (Å²) in [5.41, 5.74) is 3.51. The number of nitrogens with one attached hydrogen (secondary N) is 2. The molecule has 0 saturated heterocycles. The third kappa shape index (κ3) is 3.07. The Morgan fingerprint density at radius 2 is 2.24 bits per heavy atom. The van der Waals surface area contributed by atoms with E-state index in [0.717, 1.165) is 30.1 Å². The Morgan fingerprint density at radius 1 is 1.35 bits per heavy atom. The van der Waals surface area contributed by atoms with Crippen molar-refractivity contribution in [2.24, 2.45) is 0 Å². The number of aryl methyl sites for hydroxylation is 1. The Kier molecular flexibility index (Phi) is 3.77. The highest BCUT2D eigenvalue weighted by Gasteiger charge is 2.00. The first-order chi connectivity index (χ1) is 8.29. The van der Waals surface area contributed by atoms with Crippen molar-refractivity contribution in [3.8, 4) is 5.75 Å². The summed E-state index contributed by atoms with van der Waals surface area (Å²) in [6, 6.07) is 6.22. The number of methoxy groups -OCH3 is 1. The van der Waals surface area contributed by atoms with Gasteiger partial charge in [0, 0.05) is 25.0 Å². The molecule has 0 aliphatic carbocycles. The van der Waals surface area contributed by atoms with Crippen LogP contribution >= 0.6 is 0 Å². The van der Waals surface area contributed by atoms with Gasteiger partial charge in [0.15, 0.2) is 0 Å². The van der Waals surface area contributed by atoms with Gasteiger partial charge < -0.3 is 15.0 Å². The molecule has 2 aromatic rings. The van der Waals surface area contributed by atoms with Gasteiger partial charge in [-0.15, -0.1) is 0 Å².